The molecule has 0 saturated heterocycles. The molecule has 0 aliphatic carbocycles. The van der Waals surface area contributed by atoms with Gasteiger partial charge in [0.15, 0.2) is 0 Å². The van der Waals surface area contributed by atoms with Crippen LogP contribution in [0.25, 0.3) is 22.6 Å². The fourth-order valence-corrected chi connectivity index (χ4v) is 2.69. The van der Waals surface area contributed by atoms with Gasteiger partial charge in [-0.15, -0.1) is 0 Å². The van der Waals surface area contributed by atoms with E-state index < -0.39 is 0 Å². The zero-order valence-electron chi connectivity index (χ0n) is 12.6. The maximum absolute atomic E-state index is 10.6. The second-order valence-electron chi connectivity index (χ2n) is 5.27. The van der Waals surface area contributed by atoms with Crippen LogP contribution in [0, 0.1) is 0 Å². The normalized spacial score (nSPS) is 13.1. The van der Waals surface area contributed by atoms with E-state index in [-0.39, 0.29) is 17.9 Å². The van der Waals surface area contributed by atoms with Crippen molar-refractivity contribution in [1.29, 1.82) is 0 Å². The van der Waals surface area contributed by atoms with Crippen molar-refractivity contribution < 1.29 is 10.2 Å². The van der Waals surface area contributed by atoms with E-state index in [4.69, 9.17) is 0 Å². The van der Waals surface area contributed by atoms with Crippen molar-refractivity contribution >= 4 is 22.6 Å². The summed E-state index contributed by atoms with van der Waals surface area (Å²) in [7, 11) is 0. The number of hydrogen-bond acceptors (Lipinski definition) is 3. The summed E-state index contributed by atoms with van der Waals surface area (Å²) in [4.78, 5) is 4.12. The molecule has 114 valence electrons. The Labute approximate surface area is 134 Å². The highest BCUT2D eigenvalue weighted by Crippen LogP contribution is 2.28. The number of allylic oxidation sites excluding steroid dienone is 1. The summed E-state index contributed by atoms with van der Waals surface area (Å²) in [6.07, 6.45) is 7.18. The highest BCUT2D eigenvalue weighted by atomic mass is 16.3. The Balaban J connectivity index is 2.20. The molecule has 0 aliphatic heterocycles. The lowest BCUT2D eigenvalue weighted by Gasteiger charge is -2.08. The van der Waals surface area contributed by atoms with Crippen molar-refractivity contribution in [3.05, 3.63) is 83.5 Å². The van der Waals surface area contributed by atoms with Gasteiger partial charge in [-0.05, 0) is 22.7 Å². The van der Waals surface area contributed by atoms with Gasteiger partial charge in [0.2, 0.25) is 0 Å². The van der Waals surface area contributed by atoms with Crippen LogP contribution in [0.3, 0.4) is 0 Å². The number of phenolic OH excluding ortho intramolecular Hbond substituents is 1. The number of aliphatic hydroxyl groups is 1. The van der Waals surface area contributed by atoms with Crippen LogP contribution in [-0.2, 0) is 6.42 Å². The highest BCUT2D eigenvalue weighted by molar-refractivity contribution is 5.87. The minimum atomic E-state index is 0.155. The maximum Gasteiger partial charge on any atom is 0.119 e. The number of phenols is 1. The second-order valence-corrected chi connectivity index (χ2v) is 5.27. The number of pyridine rings is 1. The standard InChI is InChI=1S/C20H17NO2/c1-2-5-14-6-3-4-7-16(14)20(23)12-17-18-13-21-11-10-15(18)8-9-19(17)22/h2-11,13,22-23H,1,12H2/b14-5-,20-16-. The van der Waals surface area contributed by atoms with Gasteiger partial charge in [0.05, 0.1) is 0 Å². The lowest BCUT2D eigenvalue weighted by Crippen LogP contribution is -2.27. The molecule has 0 fully saturated rings. The molecule has 3 aromatic rings. The molecule has 0 saturated carbocycles. The van der Waals surface area contributed by atoms with Crippen LogP contribution in [0.2, 0.25) is 0 Å². The van der Waals surface area contributed by atoms with E-state index in [0.717, 1.165) is 21.2 Å². The largest absolute Gasteiger partial charge is 0.511 e. The first-order chi connectivity index (χ1) is 11.2. The van der Waals surface area contributed by atoms with Crippen LogP contribution in [0.1, 0.15) is 5.56 Å². The van der Waals surface area contributed by atoms with Gasteiger partial charge in [-0.2, -0.15) is 0 Å². The molecule has 0 unspecified atom stereocenters. The minimum absolute atomic E-state index is 0.155. The predicted octanol–water partition coefficient (Wildman–Crippen LogP) is 2.82. The van der Waals surface area contributed by atoms with E-state index in [1.165, 1.54) is 0 Å². The van der Waals surface area contributed by atoms with E-state index in [2.05, 4.69) is 11.6 Å². The number of aliphatic hydroxyl groups excluding tert-OH is 1. The van der Waals surface area contributed by atoms with Crippen molar-refractivity contribution in [2.75, 3.05) is 0 Å². The van der Waals surface area contributed by atoms with Gasteiger partial charge in [-0.25, -0.2) is 0 Å². The van der Waals surface area contributed by atoms with Gasteiger partial charge in [0.1, 0.15) is 11.5 Å². The molecule has 0 radical (unpaired) electrons. The number of fused-ring (bicyclic) bond motifs is 1. The lowest BCUT2D eigenvalue weighted by molar-refractivity contribution is 0.460. The summed E-state index contributed by atoms with van der Waals surface area (Å²) < 4.78 is 0. The average Bonchev–Trinajstić information content (AvgIpc) is 2.58. The van der Waals surface area contributed by atoms with Crippen LogP contribution in [0.15, 0.2) is 67.5 Å². The topological polar surface area (TPSA) is 53.4 Å². The summed E-state index contributed by atoms with van der Waals surface area (Å²) in [5, 5.41) is 24.2. The van der Waals surface area contributed by atoms with E-state index in [1.54, 1.807) is 24.5 Å². The van der Waals surface area contributed by atoms with E-state index in [1.807, 2.05) is 42.5 Å². The fraction of sp³-hybridized carbons (Fsp3) is 0.0500. The summed E-state index contributed by atoms with van der Waals surface area (Å²) >= 11 is 0. The molecule has 23 heavy (non-hydrogen) atoms. The summed E-state index contributed by atoms with van der Waals surface area (Å²) in [6.45, 7) is 3.70. The Kier molecular flexibility index (Phi) is 4.11. The van der Waals surface area contributed by atoms with Crippen LogP contribution in [0.5, 0.6) is 5.75 Å². The van der Waals surface area contributed by atoms with Gasteiger partial charge in [0, 0.05) is 35.0 Å². The average molecular weight is 303 g/mol. The van der Waals surface area contributed by atoms with Gasteiger partial charge in [-0.1, -0.05) is 49.1 Å². The Hall–Kier alpha value is -3.07. The number of aromatic hydroxyl groups is 1. The molecule has 3 nitrogen and oxygen atoms in total. The van der Waals surface area contributed by atoms with Crippen LogP contribution >= 0.6 is 0 Å². The molecule has 2 N–H and O–H groups in total. The van der Waals surface area contributed by atoms with Crippen molar-refractivity contribution in [2.45, 2.75) is 6.42 Å². The molecule has 2 aromatic carbocycles. The number of aromatic nitrogens is 1. The Morgan fingerprint density at radius 3 is 2.78 bits per heavy atom. The van der Waals surface area contributed by atoms with E-state index >= 15 is 0 Å². The van der Waals surface area contributed by atoms with Gasteiger partial charge >= 0.3 is 0 Å². The number of benzene rings is 2. The predicted molar refractivity (Wildman–Crippen MR) is 93.5 cm³/mol. The minimum Gasteiger partial charge on any atom is -0.511 e. The Morgan fingerprint density at radius 2 is 1.96 bits per heavy atom. The van der Waals surface area contributed by atoms with E-state index in [9.17, 15) is 10.2 Å². The fourth-order valence-electron chi connectivity index (χ4n) is 2.69. The Bertz CT molecular complexity index is 990. The third kappa shape index (κ3) is 2.94. The molecular weight excluding hydrogens is 286 g/mol. The van der Waals surface area contributed by atoms with Gasteiger partial charge in [-0.3, -0.25) is 4.98 Å². The number of rotatable bonds is 3. The van der Waals surface area contributed by atoms with Gasteiger partial charge in [0.25, 0.3) is 0 Å². The molecule has 0 bridgehead atoms. The molecular formula is C20H17NO2. The van der Waals surface area contributed by atoms with Crippen molar-refractivity contribution in [2.24, 2.45) is 0 Å². The molecule has 0 amide bonds. The molecule has 3 rings (SSSR count). The van der Waals surface area contributed by atoms with Crippen LogP contribution in [-0.4, -0.2) is 15.2 Å². The summed E-state index contributed by atoms with van der Waals surface area (Å²) in [6, 6.07) is 12.9. The van der Waals surface area contributed by atoms with Crippen molar-refractivity contribution in [1.82, 2.24) is 4.98 Å². The smallest absolute Gasteiger partial charge is 0.119 e. The molecule has 0 spiro atoms. The molecule has 1 heterocycles. The number of nitrogens with zero attached hydrogens (tertiary/aromatic N) is 1. The first-order valence-electron chi connectivity index (χ1n) is 7.35. The molecule has 1 aromatic heterocycles. The zero-order valence-corrected chi connectivity index (χ0v) is 12.6. The molecule has 0 atom stereocenters. The zero-order chi connectivity index (χ0) is 16.2. The first-order valence-corrected chi connectivity index (χ1v) is 7.35. The van der Waals surface area contributed by atoms with Crippen LogP contribution < -0.4 is 10.4 Å². The lowest BCUT2D eigenvalue weighted by atomic mass is 10.0. The van der Waals surface area contributed by atoms with Crippen LogP contribution in [0.4, 0.5) is 0 Å². The monoisotopic (exact) mass is 303 g/mol. The number of hydrogen-bond donors (Lipinski definition) is 2. The second kappa shape index (κ2) is 6.36. The summed E-state index contributed by atoms with van der Waals surface area (Å²) in [5.41, 5.74) is 0.668. The third-order valence-corrected chi connectivity index (χ3v) is 3.82. The third-order valence-electron chi connectivity index (χ3n) is 3.82. The quantitative estimate of drug-likeness (QED) is 0.782. The maximum atomic E-state index is 10.6. The molecule has 3 heteroatoms. The SMILES string of the molecule is C=C/C=c1/cccc/c1=C(/O)Cc1c(O)ccc2ccncc12. The first kappa shape index (κ1) is 14.9. The van der Waals surface area contributed by atoms with Gasteiger partial charge < -0.3 is 10.2 Å². The molecule has 0 aliphatic rings. The van der Waals surface area contributed by atoms with Crippen molar-refractivity contribution in [3.63, 3.8) is 0 Å². The van der Waals surface area contributed by atoms with Crippen molar-refractivity contribution in [3.8, 4) is 5.75 Å². The highest BCUT2D eigenvalue weighted by Gasteiger charge is 2.09. The van der Waals surface area contributed by atoms with E-state index in [0.29, 0.717) is 5.56 Å². The Morgan fingerprint density at radius 1 is 1.13 bits per heavy atom. The summed E-state index contributed by atoms with van der Waals surface area (Å²) in [5.74, 6) is 0.354.